The minimum Gasteiger partial charge on any atom is -0.504 e. The van der Waals surface area contributed by atoms with Crippen LogP contribution in [0.15, 0.2) is 48.6 Å². The Morgan fingerprint density at radius 1 is 0.931 bits per heavy atom. The van der Waals surface area contributed by atoms with Gasteiger partial charge in [-0.05, 0) is 23.8 Å². The number of aromatic hydroxyl groups is 2. The van der Waals surface area contributed by atoms with Crippen molar-refractivity contribution < 1.29 is 34.6 Å². The molecule has 0 radical (unpaired) electrons. The third-order valence-corrected chi connectivity index (χ3v) is 4.04. The monoisotopic (exact) mass is 402 g/mol. The highest BCUT2D eigenvalue weighted by molar-refractivity contribution is 5.62. The van der Waals surface area contributed by atoms with Gasteiger partial charge in [0.1, 0.15) is 0 Å². The van der Waals surface area contributed by atoms with Crippen molar-refractivity contribution >= 4 is 12.2 Å². The van der Waals surface area contributed by atoms with Crippen LogP contribution in [0.25, 0.3) is 12.2 Å². The normalized spacial score (nSPS) is 13.7. The van der Waals surface area contributed by atoms with E-state index in [4.69, 9.17) is 14.2 Å². The summed E-state index contributed by atoms with van der Waals surface area (Å²) in [6.07, 6.45) is 4.54. The van der Waals surface area contributed by atoms with Crippen LogP contribution in [0, 0.1) is 0 Å². The van der Waals surface area contributed by atoms with E-state index in [0.29, 0.717) is 16.9 Å². The quantitative estimate of drug-likeness (QED) is 0.453. The fourth-order valence-corrected chi connectivity index (χ4v) is 2.60. The zero-order chi connectivity index (χ0) is 21.2. The van der Waals surface area contributed by atoms with Gasteiger partial charge in [-0.15, -0.1) is 0 Å². The molecule has 156 valence electrons. The first-order valence-electron chi connectivity index (χ1n) is 8.97. The highest BCUT2D eigenvalue weighted by Gasteiger charge is 2.10. The molecule has 0 bridgehead atoms. The van der Waals surface area contributed by atoms with Crippen LogP contribution in [0.3, 0.4) is 0 Å². The minimum absolute atomic E-state index is 0.00437. The van der Waals surface area contributed by atoms with E-state index in [9.17, 15) is 20.4 Å². The molecular formula is C22H26O7. The van der Waals surface area contributed by atoms with Gasteiger partial charge in [0.2, 0.25) is 0 Å². The Morgan fingerprint density at radius 2 is 1.66 bits per heavy atom. The Hall–Kier alpha value is -3.00. The lowest BCUT2D eigenvalue weighted by atomic mass is 10.1. The lowest BCUT2D eigenvalue weighted by Crippen LogP contribution is -2.13. The Bertz CT molecular complexity index is 845. The van der Waals surface area contributed by atoms with E-state index in [2.05, 4.69) is 0 Å². The maximum atomic E-state index is 10.2. The second kappa shape index (κ2) is 11.1. The summed E-state index contributed by atoms with van der Waals surface area (Å²) in [6.45, 7) is -0.0224. The number of aliphatic hydroxyl groups is 2. The van der Waals surface area contributed by atoms with Crippen molar-refractivity contribution in [3.05, 3.63) is 59.7 Å². The molecule has 4 N–H and O–H groups in total. The number of phenolic OH excluding ortho intramolecular Hbond substituents is 2. The largest absolute Gasteiger partial charge is 0.504 e. The number of phenols is 2. The molecule has 0 aliphatic rings. The van der Waals surface area contributed by atoms with Crippen molar-refractivity contribution in [3.8, 4) is 23.0 Å². The van der Waals surface area contributed by atoms with Crippen molar-refractivity contribution in [1.29, 1.82) is 0 Å². The summed E-state index contributed by atoms with van der Waals surface area (Å²) in [5, 5.41) is 40.0. The molecule has 2 atom stereocenters. The summed E-state index contributed by atoms with van der Waals surface area (Å²) in [6, 6.07) is 9.74. The lowest BCUT2D eigenvalue weighted by Gasteiger charge is -2.11. The zero-order valence-corrected chi connectivity index (χ0v) is 16.4. The van der Waals surface area contributed by atoms with Crippen LogP contribution in [-0.4, -0.2) is 53.6 Å². The van der Waals surface area contributed by atoms with Gasteiger partial charge >= 0.3 is 0 Å². The summed E-state index contributed by atoms with van der Waals surface area (Å²) < 4.78 is 15.2. The fraction of sp³-hybridized carbons (Fsp3) is 0.273. The Balaban J connectivity index is 1.97. The van der Waals surface area contributed by atoms with Gasteiger partial charge in [-0.2, -0.15) is 0 Å². The first-order chi connectivity index (χ1) is 13.9. The number of hydrogen-bond acceptors (Lipinski definition) is 7. The van der Waals surface area contributed by atoms with Crippen LogP contribution in [-0.2, 0) is 4.74 Å². The SMILES string of the molecule is COCOc1c(O)cccc1/C=C/C(O)CC(O)/C=C/c1ccc(OC)c(O)c1. The standard InChI is InChI=1S/C22H26O7/c1-27-14-29-22-16(4-3-5-19(22)25)8-10-18(24)13-17(23)9-6-15-7-11-21(28-2)20(26)12-15/h3-12,17-18,23-26H,13-14H2,1-2H3/b9-6+,10-8+. The van der Waals surface area contributed by atoms with E-state index >= 15 is 0 Å². The second-order valence-electron chi connectivity index (χ2n) is 6.27. The Morgan fingerprint density at radius 3 is 2.31 bits per heavy atom. The van der Waals surface area contributed by atoms with Gasteiger partial charge in [0.25, 0.3) is 0 Å². The Labute approximate surface area is 169 Å². The van der Waals surface area contributed by atoms with Gasteiger partial charge < -0.3 is 34.6 Å². The molecule has 0 heterocycles. The molecule has 0 aliphatic heterocycles. The number of methoxy groups -OCH3 is 2. The molecule has 0 fully saturated rings. The number of aliphatic hydroxyl groups excluding tert-OH is 2. The molecule has 0 aromatic heterocycles. The highest BCUT2D eigenvalue weighted by Crippen LogP contribution is 2.31. The van der Waals surface area contributed by atoms with Gasteiger partial charge in [-0.3, -0.25) is 0 Å². The smallest absolute Gasteiger partial charge is 0.188 e. The summed E-state index contributed by atoms with van der Waals surface area (Å²) in [5.41, 5.74) is 1.26. The van der Waals surface area contributed by atoms with Crippen LogP contribution in [0.1, 0.15) is 17.5 Å². The van der Waals surface area contributed by atoms with Gasteiger partial charge in [-0.25, -0.2) is 0 Å². The second-order valence-corrected chi connectivity index (χ2v) is 6.27. The average molecular weight is 402 g/mol. The van der Waals surface area contributed by atoms with Crippen molar-refractivity contribution in [3.63, 3.8) is 0 Å². The van der Waals surface area contributed by atoms with Crippen molar-refractivity contribution in [2.75, 3.05) is 21.0 Å². The molecule has 0 aliphatic carbocycles. The van der Waals surface area contributed by atoms with E-state index in [1.54, 1.807) is 36.4 Å². The number of hydrogen-bond donors (Lipinski definition) is 4. The lowest BCUT2D eigenvalue weighted by molar-refractivity contribution is 0.0490. The number of ether oxygens (including phenoxy) is 3. The molecule has 2 aromatic carbocycles. The van der Waals surface area contributed by atoms with Crippen molar-refractivity contribution in [2.45, 2.75) is 18.6 Å². The van der Waals surface area contributed by atoms with E-state index in [1.807, 2.05) is 0 Å². The number of benzene rings is 2. The molecule has 0 saturated carbocycles. The van der Waals surface area contributed by atoms with Crippen LogP contribution in [0.2, 0.25) is 0 Å². The molecule has 0 saturated heterocycles. The van der Waals surface area contributed by atoms with E-state index in [-0.39, 0.29) is 30.5 Å². The van der Waals surface area contributed by atoms with Crippen LogP contribution in [0.5, 0.6) is 23.0 Å². The zero-order valence-electron chi connectivity index (χ0n) is 16.4. The molecule has 2 rings (SSSR count). The highest BCUT2D eigenvalue weighted by atomic mass is 16.7. The molecular weight excluding hydrogens is 376 g/mol. The molecule has 7 nitrogen and oxygen atoms in total. The molecule has 2 aromatic rings. The molecule has 0 amide bonds. The Kier molecular flexibility index (Phi) is 8.54. The fourth-order valence-electron chi connectivity index (χ4n) is 2.60. The number of para-hydroxylation sites is 1. The van der Waals surface area contributed by atoms with Crippen LogP contribution < -0.4 is 9.47 Å². The summed E-state index contributed by atoms with van der Waals surface area (Å²) >= 11 is 0. The first-order valence-corrected chi connectivity index (χ1v) is 8.97. The minimum atomic E-state index is -0.920. The summed E-state index contributed by atoms with van der Waals surface area (Å²) in [5.74, 6) is 0.579. The average Bonchev–Trinajstić information content (AvgIpc) is 2.70. The summed E-state index contributed by atoms with van der Waals surface area (Å²) in [4.78, 5) is 0. The third-order valence-electron chi connectivity index (χ3n) is 4.04. The van der Waals surface area contributed by atoms with E-state index < -0.39 is 12.2 Å². The topological polar surface area (TPSA) is 109 Å². The van der Waals surface area contributed by atoms with Gasteiger partial charge in [0.15, 0.2) is 29.8 Å². The molecule has 29 heavy (non-hydrogen) atoms. The van der Waals surface area contributed by atoms with Crippen LogP contribution >= 0.6 is 0 Å². The maximum Gasteiger partial charge on any atom is 0.188 e. The predicted molar refractivity (Wildman–Crippen MR) is 110 cm³/mol. The van der Waals surface area contributed by atoms with Gasteiger partial charge in [0, 0.05) is 19.1 Å². The predicted octanol–water partition coefficient (Wildman–Crippen LogP) is 2.93. The van der Waals surface area contributed by atoms with Gasteiger partial charge in [-0.1, -0.05) is 42.5 Å². The van der Waals surface area contributed by atoms with E-state index in [0.717, 1.165) is 0 Å². The maximum absolute atomic E-state index is 10.2. The van der Waals surface area contributed by atoms with Crippen molar-refractivity contribution in [1.82, 2.24) is 0 Å². The van der Waals surface area contributed by atoms with Crippen LogP contribution in [0.4, 0.5) is 0 Å². The molecule has 0 spiro atoms. The summed E-state index contributed by atoms with van der Waals surface area (Å²) in [7, 11) is 2.94. The molecule has 2 unspecified atom stereocenters. The first kappa shape index (κ1) is 22.3. The number of rotatable bonds is 10. The van der Waals surface area contributed by atoms with Gasteiger partial charge in [0.05, 0.1) is 19.3 Å². The van der Waals surface area contributed by atoms with E-state index in [1.165, 1.54) is 38.5 Å². The third kappa shape index (κ3) is 6.83. The molecule has 7 heteroatoms. The van der Waals surface area contributed by atoms with Crippen molar-refractivity contribution in [2.24, 2.45) is 0 Å².